The number of hydrogen-bond acceptors (Lipinski definition) is 5. The van der Waals surface area contributed by atoms with Gasteiger partial charge in [-0.3, -0.25) is 20.2 Å². The molecule has 1 amide bonds. The van der Waals surface area contributed by atoms with E-state index in [1.807, 2.05) is 0 Å². The Morgan fingerprint density at radius 3 is 2.52 bits per heavy atom. The number of nitro benzene ring substituents is 1. The summed E-state index contributed by atoms with van der Waals surface area (Å²) in [5.41, 5.74) is 1.20. The van der Waals surface area contributed by atoms with Crippen molar-refractivity contribution in [1.29, 1.82) is 0 Å². The molecule has 0 aliphatic carbocycles. The van der Waals surface area contributed by atoms with Gasteiger partial charge in [0, 0.05) is 41.5 Å². The molecule has 130 valence electrons. The van der Waals surface area contributed by atoms with Gasteiger partial charge in [-0.25, -0.2) is 0 Å². The highest BCUT2D eigenvalue weighted by atomic mass is 35.5. The first kappa shape index (κ1) is 18.6. The van der Waals surface area contributed by atoms with Crippen LogP contribution in [0.15, 0.2) is 48.5 Å². The molecule has 0 saturated carbocycles. The molecule has 25 heavy (non-hydrogen) atoms. The number of thiocarbonyl (C=S) groups is 1. The number of halogens is 1. The maximum Gasteiger partial charge on any atom is 0.269 e. The van der Waals surface area contributed by atoms with E-state index in [9.17, 15) is 14.9 Å². The van der Waals surface area contributed by atoms with Gasteiger partial charge in [0.2, 0.25) is 0 Å². The fourth-order valence-electron chi connectivity index (χ4n) is 1.93. The van der Waals surface area contributed by atoms with E-state index in [0.717, 1.165) is 5.69 Å². The molecule has 0 aliphatic heterocycles. The summed E-state index contributed by atoms with van der Waals surface area (Å²) >= 11 is 10.9. The van der Waals surface area contributed by atoms with Crippen LogP contribution < -0.4 is 16.0 Å². The third-order valence-corrected chi connectivity index (χ3v) is 3.61. The average molecular weight is 379 g/mol. The normalized spacial score (nSPS) is 9.96. The number of non-ortho nitro benzene ring substituents is 1. The second-order valence-electron chi connectivity index (χ2n) is 4.95. The van der Waals surface area contributed by atoms with Crippen molar-refractivity contribution in [2.45, 2.75) is 0 Å². The third kappa shape index (κ3) is 6.02. The van der Waals surface area contributed by atoms with E-state index in [2.05, 4.69) is 16.0 Å². The Morgan fingerprint density at radius 1 is 1.16 bits per heavy atom. The molecule has 0 aromatic heterocycles. The topological polar surface area (TPSA) is 96.3 Å². The number of benzene rings is 2. The number of carbonyl (C=O) groups excluding carboxylic acids is 1. The molecule has 0 radical (unpaired) electrons. The zero-order chi connectivity index (χ0) is 18.2. The smallest absolute Gasteiger partial charge is 0.269 e. The summed E-state index contributed by atoms with van der Waals surface area (Å²) < 4.78 is 0. The van der Waals surface area contributed by atoms with Gasteiger partial charge in [-0.05, 0) is 42.5 Å². The summed E-state index contributed by atoms with van der Waals surface area (Å²) in [6, 6.07) is 12.6. The van der Waals surface area contributed by atoms with Crippen LogP contribution in [0.2, 0.25) is 5.02 Å². The molecule has 2 rings (SSSR count). The van der Waals surface area contributed by atoms with Crippen molar-refractivity contribution in [3.05, 3.63) is 69.2 Å². The fourth-order valence-corrected chi connectivity index (χ4v) is 2.32. The second-order valence-corrected chi connectivity index (χ2v) is 5.80. The molecule has 0 heterocycles. The minimum absolute atomic E-state index is 0.0357. The molecule has 0 atom stereocenters. The van der Waals surface area contributed by atoms with E-state index in [0.29, 0.717) is 23.7 Å². The number of hydrogen-bond donors (Lipinski definition) is 3. The van der Waals surface area contributed by atoms with Gasteiger partial charge < -0.3 is 10.6 Å². The highest BCUT2D eigenvalue weighted by Crippen LogP contribution is 2.14. The first-order valence-corrected chi connectivity index (χ1v) is 8.07. The van der Waals surface area contributed by atoms with Crippen LogP contribution in [-0.2, 0) is 0 Å². The maximum absolute atomic E-state index is 12.0. The molecule has 0 aliphatic rings. The third-order valence-electron chi connectivity index (χ3n) is 3.13. The van der Waals surface area contributed by atoms with Gasteiger partial charge in [-0.15, -0.1) is 0 Å². The lowest BCUT2D eigenvalue weighted by Crippen LogP contribution is -2.41. The van der Waals surface area contributed by atoms with Gasteiger partial charge in [0.25, 0.3) is 11.6 Å². The maximum atomic E-state index is 12.0. The molecular weight excluding hydrogens is 364 g/mol. The predicted molar refractivity (Wildman–Crippen MR) is 101 cm³/mol. The van der Waals surface area contributed by atoms with E-state index in [1.165, 1.54) is 12.1 Å². The number of nitrogens with one attached hydrogen (secondary N) is 3. The molecule has 0 fully saturated rings. The molecule has 7 nitrogen and oxygen atoms in total. The second kappa shape index (κ2) is 8.95. The Morgan fingerprint density at radius 2 is 1.88 bits per heavy atom. The van der Waals surface area contributed by atoms with E-state index < -0.39 is 4.92 Å². The summed E-state index contributed by atoms with van der Waals surface area (Å²) in [6.07, 6.45) is 0. The minimum atomic E-state index is -0.452. The average Bonchev–Trinajstić information content (AvgIpc) is 2.59. The number of amides is 1. The minimum Gasteiger partial charge on any atom is -0.383 e. The molecule has 2 aromatic carbocycles. The molecule has 0 bridgehead atoms. The van der Waals surface area contributed by atoms with E-state index in [4.69, 9.17) is 23.8 Å². The summed E-state index contributed by atoms with van der Waals surface area (Å²) in [6.45, 7) is 0.983. The molecule has 3 N–H and O–H groups in total. The van der Waals surface area contributed by atoms with Crippen molar-refractivity contribution in [2.24, 2.45) is 0 Å². The zero-order valence-corrected chi connectivity index (χ0v) is 14.6. The molecule has 9 heteroatoms. The van der Waals surface area contributed by atoms with Gasteiger partial charge in [0.05, 0.1) is 4.92 Å². The van der Waals surface area contributed by atoms with Crippen LogP contribution in [0, 0.1) is 10.1 Å². The first-order valence-electron chi connectivity index (χ1n) is 7.29. The number of nitro groups is 1. The number of nitrogens with zero attached hydrogens (tertiary/aromatic N) is 1. The monoisotopic (exact) mass is 378 g/mol. The van der Waals surface area contributed by atoms with Crippen molar-refractivity contribution < 1.29 is 9.72 Å². The summed E-state index contributed by atoms with van der Waals surface area (Å²) in [4.78, 5) is 22.1. The van der Waals surface area contributed by atoms with Crippen LogP contribution in [0.4, 0.5) is 11.4 Å². The number of anilines is 1. The van der Waals surface area contributed by atoms with Crippen LogP contribution in [0.3, 0.4) is 0 Å². The standard InChI is InChI=1S/C16H15ClN4O3S/c17-12-3-1-2-11(10-12)15(22)20-16(25)19-9-8-18-13-4-6-14(7-5-13)21(23)24/h1-7,10,18H,8-9H2,(H2,19,20,22,25). The largest absolute Gasteiger partial charge is 0.383 e. The van der Waals surface area contributed by atoms with Crippen LogP contribution >= 0.6 is 23.8 Å². The molecule has 0 unspecified atom stereocenters. The van der Waals surface area contributed by atoms with Crippen LogP contribution in [0.5, 0.6) is 0 Å². The molecule has 0 spiro atoms. The lowest BCUT2D eigenvalue weighted by atomic mass is 10.2. The van der Waals surface area contributed by atoms with Crippen molar-refractivity contribution in [2.75, 3.05) is 18.4 Å². The Bertz CT molecular complexity index is 783. The molecular formula is C16H15ClN4O3S. The Hall–Kier alpha value is -2.71. The first-order chi connectivity index (χ1) is 12.0. The molecule has 2 aromatic rings. The van der Waals surface area contributed by atoms with Gasteiger partial charge >= 0.3 is 0 Å². The zero-order valence-electron chi connectivity index (χ0n) is 13.0. The van der Waals surface area contributed by atoms with Gasteiger partial charge in [-0.1, -0.05) is 17.7 Å². The van der Waals surface area contributed by atoms with Crippen LogP contribution in [-0.4, -0.2) is 29.0 Å². The Balaban J connectivity index is 1.71. The number of rotatable bonds is 6. The van der Waals surface area contributed by atoms with Gasteiger partial charge in [0.1, 0.15) is 0 Å². The molecule has 0 saturated heterocycles. The van der Waals surface area contributed by atoms with Gasteiger partial charge in [-0.2, -0.15) is 0 Å². The SMILES string of the molecule is O=C(NC(=S)NCCNc1ccc([N+](=O)[O-])cc1)c1cccc(Cl)c1. The Labute approximate surface area is 154 Å². The van der Waals surface area contributed by atoms with Crippen molar-refractivity contribution in [3.63, 3.8) is 0 Å². The van der Waals surface area contributed by atoms with E-state index in [-0.39, 0.29) is 16.7 Å². The summed E-state index contributed by atoms with van der Waals surface area (Å²) in [5, 5.41) is 19.8. The van der Waals surface area contributed by atoms with Crippen LogP contribution in [0.1, 0.15) is 10.4 Å². The highest BCUT2D eigenvalue weighted by molar-refractivity contribution is 7.80. The summed E-state index contributed by atoms with van der Waals surface area (Å²) in [7, 11) is 0. The fraction of sp³-hybridized carbons (Fsp3) is 0.125. The lowest BCUT2D eigenvalue weighted by Gasteiger charge is -2.11. The van der Waals surface area contributed by atoms with Crippen molar-refractivity contribution in [1.82, 2.24) is 10.6 Å². The lowest BCUT2D eigenvalue weighted by molar-refractivity contribution is -0.384. The predicted octanol–water partition coefficient (Wildman–Crippen LogP) is 2.96. The summed E-state index contributed by atoms with van der Waals surface area (Å²) in [5.74, 6) is -0.344. The van der Waals surface area contributed by atoms with E-state index >= 15 is 0 Å². The quantitative estimate of drug-likeness (QED) is 0.309. The number of carbonyl (C=O) groups is 1. The Kier molecular flexibility index (Phi) is 6.67. The highest BCUT2D eigenvalue weighted by Gasteiger charge is 2.08. The van der Waals surface area contributed by atoms with E-state index in [1.54, 1.807) is 36.4 Å². The van der Waals surface area contributed by atoms with Crippen molar-refractivity contribution in [3.8, 4) is 0 Å². The van der Waals surface area contributed by atoms with Gasteiger partial charge in [0.15, 0.2) is 5.11 Å². The van der Waals surface area contributed by atoms with Crippen molar-refractivity contribution >= 4 is 46.2 Å². The van der Waals surface area contributed by atoms with Crippen LogP contribution in [0.25, 0.3) is 0 Å².